The minimum absolute atomic E-state index is 0.0580. The molecule has 0 aliphatic carbocycles. The Morgan fingerprint density at radius 2 is 2.00 bits per heavy atom. The Bertz CT molecular complexity index is 766. The van der Waals surface area contributed by atoms with Crippen LogP contribution in [0.1, 0.15) is 18.1 Å². The van der Waals surface area contributed by atoms with Crippen molar-refractivity contribution in [3.05, 3.63) is 59.3 Å². The number of aromatic nitrogens is 2. The van der Waals surface area contributed by atoms with Gasteiger partial charge in [-0.2, -0.15) is 0 Å². The van der Waals surface area contributed by atoms with E-state index < -0.39 is 0 Å². The van der Waals surface area contributed by atoms with Crippen molar-refractivity contribution >= 4 is 17.6 Å². The van der Waals surface area contributed by atoms with Crippen molar-refractivity contribution in [2.45, 2.75) is 19.4 Å². The molecule has 0 amide bonds. The van der Waals surface area contributed by atoms with Gasteiger partial charge in [0, 0.05) is 17.0 Å². The first-order valence-electron chi connectivity index (χ1n) is 6.97. The molecule has 23 heavy (non-hydrogen) atoms. The summed E-state index contributed by atoms with van der Waals surface area (Å²) in [5.41, 5.74) is 0.747. The Morgan fingerprint density at radius 3 is 2.74 bits per heavy atom. The van der Waals surface area contributed by atoms with Crippen LogP contribution in [0.25, 0.3) is 11.5 Å². The third-order valence-corrected chi connectivity index (χ3v) is 3.32. The molecule has 0 bridgehead atoms. The number of halogens is 1. The van der Waals surface area contributed by atoms with Gasteiger partial charge in [0.05, 0.1) is 12.7 Å². The molecule has 0 radical (unpaired) electrons. The number of aryl methyl sites for hydroxylation is 1. The lowest BCUT2D eigenvalue weighted by Gasteiger charge is -2.00. The van der Waals surface area contributed by atoms with Gasteiger partial charge in [-0.15, -0.1) is 10.2 Å². The van der Waals surface area contributed by atoms with Crippen molar-refractivity contribution < 1.29 is 18.4 Å². The molecule has 2 heterocycles. The number of esters is 1. The second-order valence-electron chi connectivity index (χ2n) is 4.75. The van der Waals surface area contributed by atoms with Gasteiger partial charge in [-0.05, 0) is 36.4 Å². The average Bonchev–Trinajstić information content (AvgIpc) is 3.23. The van der Waals surface area contributed by atoms with Gasteiger partial charge in [-0.1, -0.05) is 11.6 Å². The summed E-state index contributed by atoms with van der Waals surface area (Å²) in [7, 11) is 0. The number of benzene rings is 1. The van der Waals surface area contributed by atoms with E-state index in [1.807, 2.05) is 6.07 Å². The summed E-state index contributed by atoms with van der Waals surface area (Å²) in [5.74, 6) is 0.974. The van der Waals surface area contributed by atoms with Crippen LogP contribution in [0.4, 0.5) is 0 Å². The molecule has 7 heteroatoms. The fraction of sp³-hybridized carbons (Fsp3) is 0.188. The maximum Gasteiger partial charge on any atom is 0.306 e. The molecule has 0 unspecified atom stereocenters. The number of furan rings is 1. The number of carbonyl (C=O) groups excluding carboxylic acids is 1. The highest BCUT2D eigenvalue weighted by Gasteiger charge is 2.11. The molecule has 1 aromatic carbocycles. The highest BCUT2D eigenvalue weighted by Crippen LogP contribution is 2.20. The summed E-state index contributed by atoms with van der Waals surface area (Å²) in [5, 5.41) is 8.39. The van der Waals surface area contributed by atoms with Crippen LogP contribution in [0.3, 0.4) is 0 Å². The molecule has 6 nitrogen and oxygen atoms in total. The largest absolute Gasteiger partial charge is 0.469 e. The van der Waals surface area contributed by atoms with Crippen molar-refractivity contribution in [1.82, 2.24) is 10.2 Å². The lowest BCUT2D eigenvalue weighted by Crippen LogP contribution is -2.05. The molecular formula is C16H13ClN2O4. The number of rotatable bonds is 6. The summed E-state index contributed by atoms with van der Waals surface area (Å²) >= 11 is 5.82. The Hall–Kier alpha value is -2.60. The van der Waals surface area contributed by atoms with Crippen LogP contribution in [-0.4, -0.2) is 16.2 Å². The Labute approximate surface area is 137 Å². The predicted octanol–water partition coefficient (Wildman–Crippen LogP) is 3.66. The van der Waals surface area contributed by atoms with Crippen molar-refractivity contribution in [1.29, 1.82) is 0 Å². The minimum Gasteiger partial charge on any atom is -0.469 e. The molecule has 0 aliphatic heterocycles. The maximum absolute atomic E-state index is 11.7. The quantitative estimate of drug-likeness (QED) is 0.641. The van der Waals surface area contributed by atoms with Gasteiger partial charge in [0.2, 0.25) is 5.89 Å². The second kappa shape index (κ2) is 7.11. The molecule has 0 N–H and O–H groups in total. The summed E-state index contributed by atoms with van der Waals surface area (Å²) in [6.07, 6.45) is 2.29. The molecule has 0 atom stereocenters. The van der Waals surface area contributed by atoms with Gasteiger partial charge in [0.15, 0.2) is 6.61 Å². The molecular weight excluding hydrogens is 320 g/mol. The van der Waals surface area contributed by atoms with Gasteiger partial charge >= 0.3 is 5.97 Å². The highest BCUT2D eigenvalue weighted by molar-refractivity contribution is 6.30. The second-order valence-corrected chi connectivity index (χ2v) is 5.18. The van der Waals surface area contributed by atoms with E-state index in [-0.39, 0.29) is 24.9 Å². The fourth-order valence-corrected chi connectivity index (χ4v) is 2.04. The summed E-state index contributed by atoms with van der Waals surface area (Å²) in [6.45, 7) is -0.0580. The van der Waals surface area contributed by atoms with Gasteiger partial charge in [0.25, 0.3) is 5.89 Å². The number of hydrogen-bond donors (Lipinski definition) is 0. The topological polar surface area (TPSA) is 78.4 Å². The van der Waals surface area contributed by atoms with E-state index in [2.05, 4.69) is 10.2 Å². The van der Waals surface area contributed by atoms with Crippen molar-refractivity contribution in [3.8, 4) is 11.5 Å². The molecule has 3 rings (SSSR count). The number of hydrogen-bond acceptors (Lipinski definition) is 6. The van der Waals surface area contributed by atoms with Gasteiger partial charge in [-0.3, -0.25) is 4.79 Å². The molecule has 0 spiro atoms. The Kier molecular flexibility index (Phi) is 4.73. The van der Waals surface area contributed by atoms with Gasteiger partial charge in [0.1, 0.15) is 5.76 Å². The molecule has 2 aromatic heterocycles. The molecule has 0 fully saturated rings. The van der Waals surface area contributed by atoms with E-state index in [9.17, 15) is 4.79 Å². The highest BCUT2D eigenvalue weighted by atomic mass is 35.5. The van der Waals surface area contributed by atoms with E-state index in [0.29, 0.717) is 17.3 Å². The number of nitrogens with zero attached hydrogens (tertiary/aromatic N) is 2. The van der Waals surface area contributed by atoms with E-state index in [4.69, 9.17) is 25.2 Å². The van der Waals surface area contributed by atoms with Crippen LogP contribution in [0.2, 0.25) is 5.02 Å². The molecule has 0 aliphatic rings. The monoisotopic (exact) mass is 332 g/mol. The summed E-state index contributed by atoms with van der Waals surface area (Å²) < 4.78 is 15.7. The third-order valence-electron chi connectivity index (χ3n) is 3.07. The smallest absolute Gasteiger partial charge is 0.306 e. The van der Waals surface area contributed by atoms with Gasteiger partial charge in [-0.25, -0.2) is 0 Å². The van der Waals surface area contributed by atoms with Crippen LogP contribution >= 0.6 is 11.6 Å². The zero-order valence-electron chi connectivity index (χ0n) is 12.1. The van der Waals surface area contributed by atoms with E-state index in [1.165, 1.54) is 0 Å². The lowest BCUT2D eigenvalue weighted by molar-refractivity contribution is -0.145. The molecule has 0 saturated carbocycles. The van der Waals surface area contributed by atoms with Crippen molar-refractivity contribution in [2.75, 3.05) is 0 Å². The van der Waals surface area contributed by atoms with Crippen LogP contribution < -0.4 is 0 Å². The number of carbonyl (C=O) groups is 1. The summed E-state index contributed by atoms with van der Waals surface area (Å²) in [6, 6.07) is 10.6. The zero-order chi connectivity index (χ0) is 16.1. The Morgan fingerprint density at radius 1 is 1.17 bits per heavy atom. The van der Waals surface area contributed by atoms with E-state index in [1.54, 1.807) is 36.6 Å². The van der Waals surface area contributed by atoms with Gasteiger partial charge < -0.3 is 13.6 Å². The maximum atomic E-state index is 11.7. The van der Waals surface area contributed by atoms with E-state index >= 15 is 0 Å². The molecule has 0 saturated heterocycles. The average molecular weight is 333 g/mol. The standard InChI is InChI=1S/C16H13ClN2O4/c17-12-5-3-11(4-6-12)16-19-18-14(23-16)10-22-15(20)8-7-13-2-1-9-21-13/h1-6,9H,7-8,10H2. The summed E-state index contributed by atoms with van der Waals surface area (Å²) in [4.78, 5) is 11.7. The molecule has 118 valence electrons. The van der Waals surface area contributed by atoms with Crippen LogP contribution in [0.5, 0.6) is 0 Å². The first-order chi connectivity index (χ1) is 11.2. The third kappa shape index (κ3) is 4.20. The first kappa shape index (κ1) is 15.3. The SMILES string of the molecule is O=C(CCc1ccco1)OCc1nnc(-c2ccc(Cl)cc2)o1. The normalized spacial score (nSPS) is 10.7. The Balaban J connectivity index is 1.50. The van der Waals surface area contributed by atoms with Crippen LogP contribution in [0, 0.1) is 0 Å². The van der Waals surface area contributed by atoms with E-state index in [0.717, 1.165) is 11.3 Å². The minimum atomic E-state index is -0.354. The first-order valence-corrected chi connectivity index (χ1v) is 7.35. The van der Waals surface area contributed by atoms with Crippen molar-refractivity contribution in [2.24, 2.45) is 0 Å². The zero-order valence-corrected chi connectivity index (χ0v) is 12.8. The predicted molar refractivity (Wildman–Crippen MR) is 81.6 cm³/mol. The molecule has 3 aromatic rings. The van der Waals surface area contributed by atoms with Crippen molar-refractivity contribution in [3.63, 3.8) is 0 Å². The van der Waals surface area contributed by atoms with Crippen LogP contribution in [0.15, 0.2) is 51.5 Å². The number of ether oxygens (including phenoxy) is 1. The van der Waals surface area contributed by atoms with Crippen LogP contribution in [-0.2, 0) is 22.6 Å². The lowest BCUT2D eigenvalue weighted by atomic mass is 10.2. The fourth-order valence-electron chi connectivity index (χ4n) is 1.92.